The molecule has 1 aromatic heterocycles. The van der Waals surface area contributed by atoms with Crippen LogP contribution in [0.5, 0.6) is 5.75 Å². The zero-order valence-corrected chi connectivity index (χ0v) is 13.3. The summed E-state index contributed by atoms with van der Waals surface area (Å²) in [7, 11) is 1.63. The quantitative estimate of drug-likeness (QED) is 0.872. The molecule has 0 spiro atoms. The Bertz CT molecular complexity index is 680. The van der Waals surface area contributed by atoms with Crippen molar-refractivity contribution < 1.29 is 14.3 Å². The fourth-order valence-electron chi connectivity index (χ4n) is 2.59. The maximum Gasteiger partial charge on any atom is 0.288 e. The molecule has 3 rings (SSSR count). The van der Waals surface area contributed by atoms with E-state index in [9.17, 15) is 5.11 Å². The number of rotatable bonds is 4. The van der Waals surface area contributed by atoms with E-state index in [2.05, 4.69) is 10.00 Å². The average Bonchev–Trinajstić information content (AvgIpc) is 2.88. The minimum Gasteiger partial charge on any atom is -0.497 e. The van der Waals surface area contributed by atoms with E-state index in [1.165, 1.54) is 0 Å². The number of aliphatic hydroxyl groups is 1. The van der Waals surface area contributed by atoms with Crippen LogP contribution in [0, 0.1) is 4.84 Å². The Morgan fingerprint density at radius 2 is 2.18 bits per heavy atom. The molecule has 0 radical (unpaired) electrons. The third-order valence-corrected chi connectivity index (χ3v) is 4.05. The first-order chi connectivity index (χ1) is 10.7. The van der Waals surface area contributed by atoms with Crippen LogP contribution in [0.2, 0.25) is 0 Å². The van der Waals surface area contributed by atoms with Gasteiger partial charge in [-0.2, -0.15) is 0 Å². The third-order valence-electron chi connectivity index (χ3n) is 3.76. The maximum atomic E-state index is 9.73. The molecule has 1 aromatic carbocycles. The molecule has 118 valence electrons. The molecule has 0 aliphatic carbocycles. The van der Waals surface area contributed by atoms with Crippen LogP contribution >= 0.6 is 12.2 Å². The maximum absolute atomic E-state index is 9.73. The molecule has 0 bridgehead atoms. The fourth-order valence-corrected chi connectivity index (χ4v) is 2.77. The van der Waals surface area contributed by atoms with Gasteiger partial charge in [-0.25, -0.2) is 4.68 Å². The standard InChI is InChI=1S/C15H19N3O3S/c1-20-13-6-4-11(5-7-13)14-16-18(15(22)21-14)10-17-8-2-3-12(19)9-17/h4-7,12,19H,2-3,8-10H2,1H3/t12-/m0/s1. The van der Waals surface area contributed by atoms with Crippen molar-refractivity contribution in [2.75, 3.05) is 20.2 Å². The first-order valence-corrected chi connectivity index (χ1v) is 7.69. The molecule has 1 aliphatic heterocycles. The van der Waals surface area contributed by atoms with Gasteiger partial charge in [0.25, 0.3) is 4.84 Å². The molecule has 1 aliphatic rings. The van der Waals surface area contributed by atoms with Crippen molar-refractivity contribution in [2.24, 2.45) is 0 Å². The van der Waals surface area contributed by atoms with E-state index in [1.807, 2.05) is 24.3 Å². The lowest BCUT2D eigenvalue weighted by Gasteiger charge is -2.29. The summed E-state index contributed by atoms with van der Waals surface area (Å²) < 4.78 is 12.4. The SMILES string of the molecule is COc1ccc(-c2nn(CN3CCC[C@H](O)C3)c(=S)o2)cc1. The number of piperidine rings is 1. The Labute approximate surface area is 133 Å². The van der Waals surface area contributed by atoms with E-state index in [0.717, 1.165) is 30.7 Å². The van der Waals surface area contributed by atoms with Gasteiger partial charge in [-0.1, -0.05) is 0 Å². The fraction of sp³-hybridized carbons (Fsp3) is 0.467. The Hall–Kier alpha value is -1.70. The smallest absolute Gasteiger partial charge is 0.288 e. The monoisotopic (exact) mass is 321 g/mol. The molecule has 0 amide bonds. The lowest BCUT2D eigenvalue weighted by Crippen LogP contribution is -2.39. The van der Waals surface area contributed by atoms with Gasteiger partial charge in [0, 0.05) is 18.7 Å². The van der Waals surface area contributed by atoms with Gasteiger partial charge >= 0.3 is 0 Å². The molecule has 0 unspecified atom stereocenters. The number of likely N-dealkylation sites (tertiary alicyclic amines) is 1. The summed E-state index contributed by atoms with van der Waals surface area (Å²) in [6, 6.07) is 7.48. The topological polar surface area (TPSA) is 63.7 Å². The molecule has 1 fully saturated rings. The second kappa shape index (κ2) is 6.60. The minimum atomic E-state index is -0.268. The van der Waals surface area contributed by atoms with Crippen LogP contribution in [0.15, 0.2) is 28.7 Å². The van der Waals surface area contributed by atoms with E-state index in [0.29, 0.717) is 23.9 Å². The zero-order chi connectivity index (χ0) is 15.5. The number of ether oxygens (including phenoxy) is 1. The molecule has 0 saturated carbocycles. The number of hydrogen-bond donors (Lipinski definition) is 1. The van der Waals surface area contributed by atoms with Crippen molar-refractivity contribution in [3.05, 3.63) is 29.1 Å². The van der Waals surface area contributed by atoms with E-state index in [-0.39, 0.29) is 6.10 Å². The van der Waals surface area contributed by atoms with E-state index >= 15 is 0 Å². The largest absolute Gasteiger partial charge is 0.497 e. The summed E-state index contributed by atoms with van der Waals surface area (Å²) in [6.45, 7) is 2.12. The first kappa shape index (κ1) is 15.2. The summed E-state index contributed by atoms with van der Waals surface area (Å²) >= 11 is 5.24. The predicted octanol–water partition coefficient (Wildman–Crippen LogP) is 2.30. The Kier molecular flexibility index (Phi) is 4.56. The molecule has 1 N–H and O–H groups in total. The highest BCUT2D eigenvalue weighted by Gasteiger charge is 2.19. The van der Waals surface area contributed by atoms with Crippen molar-refractivity contribution in [1.29, 1.82) is 0 Å². The van der Waals surface area contributed by atoms with Gasteiger partial charge in [0.1, 0.15) is 5.75 Å². The lowest BCUT2D eigenvalue weighted by atomic mass is 10.1. The predicted molar refractivity (Wildman–Crippen MR) is 84.1 cm³/mol. The normalized spacial score (nSPS) is 19.3. The van der Waals surface area contributed by atoms with E-state index < -0.39 is 0 Å². The van der Waals surface area contributed by atoms with Gasteiger partial charge in [0.15, 0.2) is 0 Å². The summed E-state index contributed by atoms with van der Waals surface area (Å²) in [6.07, 6.45) is 1.58. The lowest BCUT2D eigenvalue weighted by molar-refractivity contribution is 0.0509. The summed E-state index contributed by atoms with van der Waals surface area (Å²) in [5, 5.41) is 14.2. The summed E-state index contributed by atoms with van der Waals surface area (Å²) in [4.78, 5) is 2.47. The zero-order valence-electron chi connectivity index (χ0n) is 12.4. The highest BCUT2D eigenvalue weighted by molar-refractivity contribution is 7.71. The van der Waals surface area contributed by atoms with Crippen molar-refractivity contribution in [3.8, 4) is 17.2 Å². The molecule has 7 heteroatoms. The Morgan fingerprint density at radius 3 is 2.86 bits per heavy atom. The van der Waals surface area contributed by atoms with Crippen LogP contribution in [-0.2, 0) is 6.67 Å². The van der Waals surface area contributed by atoms with Crippen molar-refractivity contribution in [1.82, 2.24) is 14.7 Å². The second-order valence-electron chi connectivity index (χ2n) is 5.42. The van der Waals surface area contributed by atoms with Crippen molar-refractivity contribution in [2.45, 2.75) is 25.6 Å². The van der Waals surface area contributed by atoms with Crippen LogP contribution in [0.4, 0.5) is 0 Å². The highest BCUT2D eigenvalue weighted by atomic mass is 32.1. The molecule has 2 aromatic rings. The number of nitrogens with zero attached hydrogens (tertiary/aromatic N) is 3. The molecular weight excluding hydrogens is 302 g/mol. The van der Waals surface area contributed by atoms with Crippen LogP contribution < -0.4 is 4.74 Å². The van der Waals surface area contributed by atoms with Crippen LogP contribution in [-0.4, -0.2) is 46.1 Å². The van der Waals surface area contributed by atoms with Gasteiger partial charge < -0.3 is 14.3 Å². The number of aromatic nitrogens is 2. The average molecular weight is 321 g/mol. The summed E-state index contributed by atoms with van der Waals surface area (Å²) in [5.74, 6) is 1.27. The van der Waals surface area contributed by atoms with Crippen molar-refractivity contribution >= 4 is 12.2 Å². The number of aliphatic hydroxyl groups excluding tert-OH is 1. The van der Waals surface area contributed by atoms with Crippen LogP contribution in [0.1, 0.15) is 12.8 Å². The summed E-state index contributed by atoms with van der Waals surface area (Å²) in [5.41, 5.74) is 0.851. The third kappa shape index (κ3) is 3.37. The second-order valence-corrected chi connectivity index (χ2v) is 5.76. The first-order valence-electron chi connectivity index (χ1n) is 7.28. The molecule has 2 heterocycles. The van der Waals surface area contributed by atoms with Gasteiger partial charge in [0.05, 0.1) is 19.9 Å². The van der Waals surface area contributed by atoms with Gasteiger partial charge in [0.2, 0.25) is 5.89 Å². The van der Waals surface area contributed by atoms with E-state index in [4.69, 9.17) is 21.4 Å². The number of benzene rings is 1. The highest BCUT2D eigenvalue weighted by Crippen LogP contribution is 2.21. The van der Waals surface area contributed by atoms with Gasteiger partial charge in [-0.05, 0) is 49.3 Å². The minimum absolute atomic E-state index is 0.268. The number of hydrogen-bond acceptors (Lipinski definition) is 6. The molecular formula is C15H19N3O3S. The van der Waals surface area contributed by atoms with Crippen molar-refractivity contribution in [3.63, 3.8) is 0 Å². The van der Waals surface area contributed by atoms with Gasteiger partial charge in [-0.3, -0.25) is 4.90 Å². The van der Waals surface area contributed by atoms with Crippen LogP contribution in [0.25, 0.3) is 11.5 Å². The molecule has 22 heavy (non-hydrogen) atoms. The number of β-amino-alcohol motifs (C(OH)–C–C–N with tert-alkyl or cyclic N) is 1. The molecule has 1 saturated heterocycles. The molecule has 6 nitrogen and oxygen atoms in total. The molecule has 1 atom stereocenters. The Morgan fingerprint density at radius 1 is 1.41 bits per heavy atom. The van der Waals surface area contributed by atoms with Crippen LogP contribution in [0.3, 0.4) is 0 Å². The number of methoxy groups -OCH3 is 1. The Balaban J connectivity index is 1.76. The van der Waals surface area contributed by atoms with E-state index in [1.54, 1.807) is 11.8 Å². The van der Waals surface area contributed by atoms with Gasteiger partial charge in [-0.15, -0.1) is 5.10 Å².